The number of rotatable bonds is 5. The maximum Gasteiger partial charge on any atom is 0.236 e. The van der Waals surface area contributed by atoms with Gasteiger partial charge in [-0.2, -0.15) is 0 Å². The number of amides is 1. The number of carbonyl (C=O) groups excluding carboxylic acids is 1. The van der Waals surface area contributed by atoms with Gasteiger partial charge in [-0.25, -0.2) is 0 Å². The van der Waals surface area contributed by atoms with E-state index in [9.17, 15) is 4.79 Å². The lowest BCUT2D eigenvalue weighted by Gasteiger charge is -2.56. The fourth-order valence-electron chi connectivity index (χ4n) is 4.79. The number of carbonyl (C=O) groups is 1. The zero-order valence-electron chi connectivity index (χ0n) is 19.4. The van der Waals surface area contributed by atoms with E-state index in [1.54, 1.807) is 50.6 Å². The summed E-state index contributed by atoms with van der Waals surface area (Å²) in [5, 5.41) is 7.40. The normalized spacial score (nSPS) is 22.4. The first-order valence-corrected chi connectivity index (χ1v) is 11.8. The standard InChI is InChI=1S/C26H24ClN3O4S/c1-26-22(24(31)28-16-7-9-18(32-2)10-8-16)23(20-14-19(33-3)11-12-21(20)34-26)29-25(35)30(26)17-6-4-5-15(27)13-17/h4-14,22-23H,1-3H3,(H,28,31)(H,29,35)/t22-,23-,26+/m1/s1. The van der Waals surface area contributed by atoms with E-state index in [2.05, 4.69) is 10.6 Å². The smallest absolute Gasteiger partial charge is 0.236 e. The minimum atomic E-state index is -1.14. The summed E-state index contributed by atoms with van der Waals surface area (Å²) in [6.45, 7) is 1.87. The Labute approximate surface area is 213 Å². The summed E-state index contributed by atoms with van der Waals surface area (Å²) < 4.78 is 17.3. The minimum Gasteiger partial charge on any atom is -0.497 e. The first-order chi connectivity index (χ1) is 16.8. The lowest BCUT2D eigenvalue weighted by Crippen LogP contribution is -2.72. The third-order valence-electron chi connectivity index (χ3n) is 6.41. The van der Waals surface area contributed by atoms with Crippen LogP contribution in [-0.2, 0) is 4.79 Å². The first kappa shape index (κ1) is 23.3. The van der Waals surface area contributed by atoms with E-state index in [1.165, 1.54) is 0 Å². The molecule has 0 unspecified atom stereocenters. The van der Waals surface area contributed by atoms with Gasteiger partial charge in [0.2, 0.25) is 5.91 Å². The second kappa shape index (κ2) is 8.94. The van der Waals surface area contributed by atoms with Crippen molar-refractivity contribution < 1.29 is 19.0 Å². The van der Waals surface area contributed by atoms with Crippen LogP contribution in [-0.4, -0.2) is 31.0 Å². The van der Waals surface area contributed by atoms with Crippen LogP contribution in [0.2, 0.25) is 5.02 Å². The fourth-order valence-corrected chi connectivity index (χ4v) is 5.39. The van der Waals surface area contributed by atoms with Crippen molar-refractivity contribution in [3.8, 4) is 17.2 Å². The highest BCUT2D eigenvalue weighted by molar-refractivity contribution is 7.80. The molecule has 3 atom stereocenters. The molecule has 2 N–H and O–H groups in total. The second-order valence-corrected chi connectivity index (χ2v) is 9.32. The third kappa shape index (κ3) is 4.02. The highest BCUT2D eigenvalue weighted by atomic mass is 35.5. The largest absolute Gasteiger partial charge is 0.497 e. The fraction of sp³-hybridized carbons (Fsp3) is 0.231. The molecule has 0 saturated carbocycles. The van der Waals surface area contributed by atoms with Crippen LogP contribution in [0.5, 0.6) is 17.2 Å². The molecule has 3 aromatic rings. The molecule has 2 aliphatic rings. The van der Waals surface area contributed by atoms with Crippen molar-refractivity contribution in [3.63, 3.8) is 0 Å². The van der Waals surface area contributed by atoms with Gasteiger partial charge in [-0.3, -0.25) is 9.69 Å². The van der Waals surface area contributed by atoms with Gasteiger partial charge in [0.1, 0.15) is 23.2 Å². The number of anilines is 2. The summed E-state index contributed by atoms with van der Waals surface area (Å²) in [5.74, 6) is 1.10. The van der Waals surface area contributed by atoms with Crippen molar-refractivity contribution in [2.24, 2.45) is 5.92 Å². The van der Waals surface area contributed by atoms with Crippen LogP contribution in [0.4, 0.5) is 11.4 Å². The van der Waals surface area contributed by atoms with Gasteiger partial charge >= 0.3 is 0 Å². The van der Waals surface area contributed by atoms with Crippen molar-refractivity contribution in [2.75, 3.05) is 24.4 Å². The van der Waals surface area contributed by atoms with Gasteiger partial charge < -0.3 is 24.8 Å². The molecule has 1 fully saturated rings. The van der Waals surface area contributed by atoms with Gasteiger partial charge in [0, 0.05) is 22.0 Å². The number of benzene rings is 3. The molecule has 1 saturated heterocycles. The maximum atomic E-state index is 13.9. The summed E-state index contributed by atoms with van der Waals surface area (Å²) in [7, 11) is 3.20. The number of nitrogens with one attached hydrogen (secondary N) is 2. The van der Waals surface area contributed by atoms with Gasteiger partial charge in [-0.15, -0.1) is 0 Å². The number of ether oxygens (including phenoxy) is 3. The van der Waals surface area contributed by atoms with Crippen LogP contribution < -0.4 is 29.7 Å². The molecular formula is C26H24ClN3O4S. The average Bonchev–Trinajstić information content (AvgIpc) is 2.83. The number of hydrogen-bond donors (Lipinski definition) is 2. The predicted molar refractivity (Wildman–Crippen MR) is 140 cm³/mol. The minimum absolute atomic E-state index is 0.224. The monoisotopic (exact) mass is 509 g/mol. The second-order valence-electron chi connectivity index (χ2n) is 8.50. The molecule has 2 heterocycles. The summed E-state index contributed by atoms with van der Waals surface area (Å²) in [5.41, 5.74) is 1.02. The molecule has 35 heavy (non-hydrogen) atoms. The Bertz CT molecular complexity index is 1300. The van der Waals surface area contributed by atoms with Crippen molar-refractivity contribution in [1.29, 1.82) is 0 Å². The Morgan fingerprint density at radius 1 is 1.09 bits per heavy atom. The number of methoxy groups -OCH3 is 2. The molecular weight excluding hydrogens is 486 g/mol. The van der Waals surface area contributed by atoms with Crippen molar-refractivity contribution >= 4 is 46.2 Å². The van der Waals surface area contributed by atoms with E-state index < -0.39 is 17.7 Å². The number of hydrogen-bond acceptors (Lipinski definition) is 5. The van der Waals surface area contributed by atoms with Gasteiger partial charge in [-0.1, -0.05) is 17.7 Å². The number of halogens is 1. The Kier molecular flexibility index (Phi) is 5.94. The Balaban J connectivity index is 1.60. The van der Waals surface area contributed by atoms with Gasteiger partial charge in [-0.05, 0) is 79.8 Å². The first-order valence-electron chi connectivity index (χ1n) is 11.0. The molecule has 1 amide bonds. The highest BCUT2D eigenvalue weighted by Crippen LogP contribution is 2.50. The summed E-state index contributed by atoms with van der Waals surface area (Å²) >= 11 is 12.1. The van der Waals surface area contributed by atoms with Crippen LogP contribution in [0.25, 0.3) is 0 Å². The Hall–Kier alpha value is -3.49. The van der Waals surface area contributed by atoms with Gasteiger partial charge in [0.05, 0.1) is 20.3 Å². The van der Waals surface area contributed by atoms with Crippen molar-refractivity contribution in [2.45, 2.75) is 18.7 Å². The van der Waals surface area contributed by atoms with Crippen LogP contribution >= 0.6 is 23.8 Å². The molecule has 0 radical (unpaired) electrons. The van der Waals surface area contributed by atoms with Crippen LogP contribution in [0, 0.1) is 5.92 Å². The molecule has 180 valence electrons. The quantitative estimate of drug-likeness (QED) is 0.460. The highest BCUT2D eigenvalue weighted by Gasteiger charge is 2.59. The molecule has 2 aliphatic heterocycles. The summed E-state index contributed by atoms with van der Waals surface area (Å²) in [4.78, 5) is 15.7. The van der Waals surface area contributed by atoms with E-state index in [0.29, 0.717) is 33.1 Å². The van der Waals surface area contributed by atoms with Crippen LogP contribution in [0.3, 0.4) is 0 Å². The molecule has 2 bridgehead atoms. The van der Waals surface area contributed by atoms with Crippen LogP contribution in [0.15, 0.2) is 66.7 Å². The summed E-state index contributed by atoms with van der Waals surface area (Å²) in [6, 6.07) is 19.6. The lowest BCUT2D eigenvalue weighted by molar-refractivity contribution is -0.130. The third-order valence-corrected chi connectivity index (χ3v) is 6.95. The predicted octanol–water partition coefficient (Wildman–Crippen LogP) is 5.16. The lowest BCUT2D eigenvalue weighted by atomic mass is 9.78. The maximum absolute atomic E-state index is 13.9. The van der Waals surface area contributed by atoms with Crippen molar-refractivity contribution in [3.05, 3.63) is 77.3 Å². The van der Waals surface area contributed by atoms with Crippen LogP contribution in [0.1, 0.15) is 18.5 Å². The zero-order valence-corrected chi connectivity index (χ0v) is 20.9. The average molecular weight is 510 g/mol. The van der Waals surface area contributed by atoms with Gasteiger partial charge in [0.25, 0.3) is 0 Å². The molecule has 0 aliphatic carbocycles. The van der Waals surface area contributed by atoms with E-state index in [0.717, 1.165) is 11.3 Å². The molecule has 7 nitrogen and oxygen atoms in total. The SMILES string of the molecule is COc1ccc(NC(=O)[C@H]2[C@@H]3NC(=S)N(c4cccc(Cl)c4)[C@@]2(C)Oc2ccc(OC)cc23)cc1. The van der Waals surface area contributed by atoms with Gasteiger partial charge in [0.15, 0.2) is 10.8 Å². The van der Waals surface area contributed by atoms with Crippen molar-refractivity contribution in [1.82, 2.24) is 5.32 Å². The van der Waals surface area contributed by atoms with E-state index in [-0.39, 0.29) is 5.91 Å². The molecule has 9 heteroatoms. The number of thiocarbonyl (C=S) groups is 1. The van der Waals surface area contributed by atoms with E-state index in [4.69, 9.17) is 38.0 Å². The Morgan fingerprint density at radius 2 is 1.80 bits per heavy atom. The zero-order chi connectivity index (χ0) is 24.7. The molecule has 0 spiro atoms. The number of nitrogens with zero attached hydrogens (tertiary/aromatic N) is 1. The topological polar surface area (TPSA) is 72.1 Å². The summed E-state index contributed by atoms with van der Waals surface area (Å²) in [6.07, 6.45) is 0. The van der Waals surface area contributed by atoms with E-state index >= 15 is 0 Å². The molecule has 3 aromatic carbocycles. The molecule has 0 aromatic heterocycles. The van der Waals surface area contributed by atoms with E-state index in [1.807, 2.05) is 42.2 Å². The Morgan fingerprint density at radius 3 is 2.49 bits per heavy atom. The number of fused-ring (bicyclic) bond motifs is 4. The molecule has 5 rings (SSSR count).